The van der Waals surface area contributed by atoms with Gasteiger partial charge in [-0.1, -0.05) is 5.16 Å². The zero-order valence-electron chi connectivity index (χ0n) is 7.68. The Balaban J connectivity index is 2.78. The molecule has 0 aliphatic rings. The fourth-order valence-electron chi connectivity index (χ4n) is 1.25. The molecule has 8 heteroatoms. The molecule has 1 heterocycles. The minimum atomic E-state index is -3.86. The van der Waals surface area contributed by atoms with Gasteiger partial charge in [0.15, 0.2) is 11.3 Å². The van der Waals surface area contributed by atoms with Gasteiger partial charge in [-0.2, -0.15) is 0 Å². The van der Waals surface area contributed by atoms with Crippen molar-refractivity contribution in [1.82, 2.24) is 5.16 Å². The van der Waals surface area contributed by atoms with Gasteiger partial charge in [-0.15, -0.1) is 0 Å². The Hall–Kier alpha value is -1.60. The highest BCUT2D eigenvalue weighted by Crippen LogP contribution is 2.24. The summed E-state index contributed by atoms with van der Waals surface area (Å²) in [4.78, 5) is 10.8. The zero-order valence-corrected chi connectivity index (χ0v) is 9.25. The highest BCUT2D eigenvalue weighted by atomic mass is 35.7. The van der Waals surface area contributed by atoms with E-state index in [0.717, 1.165) is 0 Å². The highest BCUT2D eigenvalue weighted by Gasteiger charge is 2.17. The Morgan fingerprint density at radius 2 is 2.12 bits per heavy atom. The first-order valence-electron chi connectivity index (χ1n) is 4.03. The van der Waals surface area contributed by atoms with Crippen molar-refractivity contribution >= 4 is 36.6 Å². The lowest BCUT2D eigenvalue weighted by Crippen LogP contribution is -2.11. The molecule has 2 rings (SSSR count). The van der Waals surface area contributed by atoms with Crippen LogP contribution in [0, 0.1) is 0 Å². The van der Waals surface area contributed by atoms with Gasteiger partial charge in [0.05, 0.1) is 10.3 Å². The van der Waals surface area contributed by atoms with E-state index in [2.05, 4.69) is 5.16 Å². The number of primary amides is 1. The first-order chi connectivity index (χ1) is 7.39. The van der Waals surface area contributed by atoms with Crippen molar-refractivity contribution in [2.24, 2.45) is 5.73 Å². The molecule has 2 N–H and O–H groups in total. The highest BCUT2D eigenvalue weighted by molar-refractivity contribution is 8.13. The van der Waals surface area contributed by atoms with Gasteiger partial charge in [0.2, 0.25) is 0 Å². The van der Waals surface area contributed by atoms with Crippen LogP contribution in [0.15, 0.2) is 27.6 Å². The lowest BCUT2D eigenvalue weighted by Gasteiger charge is -1.95. The first kappa shape index (κ1) is 10.9. The van der Waals surface area contributed by atoms with E-state index in [4.69, 9.17) is 20.9 Å². The minimum absolute atomic E-state index is 0.128. The fraction of sp³-hybridized carbons (Fsp3) is 0. The molecule has 0 aliphatic carbocycles. The first-order valence-corrected chi connectivity index (χ1v) is 6.34. The summed E-state index contributed by atoms with van der Waals surface area (Å²) >= 11 is 0. The van der Waals surface area contributed by atoms with Crippen molar-refractivity contribution < 1.29 is 17.7 Å². The zero-order chi connectivity index (χ0) is 11.9. The number of hydrogen-bond acceptors (Lipinski definition) is 5. The third kappa shape index (κ3) is 1.74. The van der Waals surface area contributed by atoms with E-state index in [1.165, 1.54) is 18.2 Å². The average Bonchev–Trinajstić information content (AvgIpc) is 2.58. The Morgan fingerprint density at radius 3 is 2.69 bits per heavy atom. The lowest BCUT2D eigenvalue weighted by molar-refractivity contribution is 0.0993. The standard InChI is InChI=1S/C8H5ClN2O4S/c9-16(13,14)4-1-2-6-5(3-4)7(8(10)12)11-15-6/h1-3H,(H2,10,12). The van der Waals surface area contributed by atoms with Crippen LogP contribution in [-0.2, 0) is 9.05 Å². The fourth-order valence-corrected chi connectivity index (χ4v) is 2.02. The summed E-state index contributed by atoms with van der Waals surface area (Å²) < 4.78 is 26.9. The summed E-state index contributed by atoms with van der Waals surface area (Å²) in [6, 6.07) is 3.79. The molecule has 0 aliphatic heterocycles. The predicted molar refractivity (Wildman–Crippen MR) is 55.6 cm³/mol. The molecule has 0 unspecified atom stereocenters. The number of halogens is 1. The van der Waals surface area contributed by atoms with Crippen LogP contribution in [0.25, 0.3) is 11.0 Å². The second kappa shape index (κ2) is 3.46. The SMILES string of the molecule is NC(=O)c1noc2ccc(S(=O)(=O)Cl)cc12. The van der Waals surface area contributed by atoms with Gasteiger partial charge in [-0.05, 0) is 18.2 Å². The summed E-state index contributed by atoms with van der Waals surface area (Å²) in [6.07, 6.45) is 0. The molecule has 0 fully saturated rings. The van der Waals surface area contributed by atoms with Crippen molar-refractivity contribution in [3.8, 4) is 0 Å². The molecule has 0 radical (unpaired) electrons. The van der Waals surface area contributed by atoms with Crippen LogP contribution in [-0.4, -0.2) is 19.5 Å². The van der Waals surface area contributed by atoms with Crippen molar-refractivity contribution in [3.05, 3.63) is 23.9 Å². The summed E-state index contributed by atoms with van der Waals surface area (Å²) in [6.45, 7) is 0. The van der Waals surface area contributed by atoms with E-state index in [0.29, 0.717) is 0 Å². The maximum Gasteiger partial charge on any atom is 0.271 e. The molecule has 0 atom stereocenters. The van der Waals surface area contributed by atoms with Gasteiger partial charge in [0.1, 0.15) is 0 Å². The van der Waals surface area contributed by atoms with Crippen LogP contribution >= 0.6 is 10.7 Å². The second-order valence-electron chi connectivity index (χ2n) is 2.99. The molecule has 0 saturated carbocycles. The third-order valence-electron chi connectivity index (χ3n) is 1.96. The van der Waals surface area contributed by atoms with E-state index in [9.17, 15) is 13.2 Å². The number of carbonyl (C=O) groups excluding carboxylic acids is 1. The number of nitrogens with two attached hydrogens (primary N) is 1. The molecular weight excluding hydrogens is 256 g/mol. The van der Waals surface area contributed by atoms with Gasteiger partial charge >= 0.3 is 0 Å². The number of carbonyl (C=O) groups is 1. The number of nitrogens with zero attached hydrogens (tertiary/aromatic N) is 1. The molecule has 0 spiro atoms. The summed E-state index contributed by atoms with van der Waals surface area (Å²) in [7, 11) is 1.30. The quantitative estimate of drug-likeness (QED) is 0.807. The molecule has 6 nitrogen and oxygen atoms in total. The summed E-state index contributed by atoms with van der Waals surface area (Å²) in [5.74, 6) is -0.803. The van der Waals surface area contributed by atoms with E-state index in [1.807, 2.05) is 0 Å². The maximum absolute atomic E-state index is 11.1. The van der Waals surface area contributed by atoms with E-state index in [1.54, 1.807) is 0 Å². The van der Waals surface area contributed by atoms with Crippen molar-refractivity contribution in [2.75, 3.05) is 0 Å². The number of rotatable bonds is 2. The predicted octanol–water partition coefficient (Wildman–Crippen LogP) is 0.854. The van der Waals surface area contributed by atoms with Crippen LogP contribution in [0.5, 0.6) is 0 Å². The Bertz CT molecular complexity index is 676. The molecule has 1 aromatic carbocycles. The molecular formula is C8H5ClN2O4S. The molecule has 0 bridgehead atoms. The Labute approximate surface area is 94.4 Å². The molecule has 0 saturated heterocycles. The number of fused-ring (bicyclic) bond motifs is 1. The average molecular weight is 261 g/mol. The second-order valence-corrected chi connectivity index (χ2v) is 5.56. The van der Waals surface area contributed by atoms with Crippen LogP contribution < -0.4 is 5.73 Å². The third-order valence-corrected chi connectivity index (χ3v) is 3.31. The van der Waals surface area contributed by atoms with Crippen LogP contribution in [0.3, 0.4) is 0 Å². The lowest BCUT2D eigenvalue weighted by atomic mass is 10.2. The van der Waals surface area contributed by atoms with Gasteiger partial charge in [-0.3, -0.25) is 4.79 Å². The van der Waals surface area contributed by atoms with Gasteiger partial charge in [0, 0.05) is 10.7 Å². The van der Waals surface area contributed by atoms with Crippen LogP contribution in [0.4, 0.5) is 0 Å². The van der Waals surface area contributed by atoms with Crippen LogP contribution in [0.1, 0.15) is 10.5 Å². The normalized spacial score (nSPS) is 11.8. The van der Waals surface area contributed by atoms with Gasteiger partial charge in [0.25, 0.3) is 15.0 Å². The molecule has 1 amide bonds. The molecule has 84 valence electrons. The summed E-state index contributed by atoms with van der Waals surface area (Å²) in [5, 5.41) is 3.65. The van der Waals surface area contributed by atoms with Crippen molar-refractivity contribution in [1.29, 1.82) is 0 Å². The molecule has 2 aromatic rings. The minimum Gasteiger partial charge on any atom is -0.364 e. The van der Waals surface area contributed by atoms with Crippen molar-refractivity contribution in [3.63, 3.8) is 0 Å². The van der Waals surface area contributed by atoms with Crippen LogP contribution in [0.2, 0.25) is 0 Å². The summed E-state index contributed by atoms with van der Waals surface area (Å²) in [5.41, 5.74) is 5.17. The molecule has 1 aromatic heterocycles. The largest absolute Gasteiger partial charge is 0.364 e. The topological polar surface area (TPSA) is 103 Å². The molecule has 16 heavy (non-hydrogen) atoms. The van der Waals surface area contributed by atoms with Gasteiger partial charge < -0.3 is 10.3 Å². The van der Waals surface area contributed by atoms with E-state index < -0.39 is 15.0 Å². The number of benzene rings is 1. The Kier molecular flexibility index (Phi) is 2.36. The maximum atomic E-state index is 11.1. The number of hydrogen-bond donors (Lipinski definition) is 1. The smallest absolute Gasteiger partial charge is 0.271 e. The van der Waals surface area contributed by atoms with E-state index in [-0.39, 0.29) is 21.6 Å². The van der Waals surface area contributed by atoms with Crippen molar-refractivity contribution in [2.45, 2.75) is 4.90 Å². The number of amides is 1. The van der Waals surface area contributed by atoms with Gasteiger partial charge in [-0.25, -0.2) is 8.42 Å². The van der Waals surface area contributed by atoms with E-state index >= 15 is 0 Å². The number of aromatic nitrogens is 1. The Morgan fingerprint density at radius 1 is 1.44 bits per heavy atom. The monoisotopic (exact) mass is 260 g/mol.